The third-order valence-corrected chi connectivity index (χ3v) is 4.45. The van der Waals surface area contributed by atoms with Crippen LogP contribution in [0.5, 0.6) is 0 Å². The van der Waals surface area contributed by atoms with E-state index < -0.39 is 0 Å². The minimum absolute atomic E-state index is 0.175. The lowest BCUT2D eigenvalue weighted by Crippen LogP contribution is -2.47. The van der Waals surface area contributed by atoms with E-state index in [2.05, 4.69) is 38.3 Å². The maximum atomic E-state index is 12.4. The van der Waals surface area contributed by atoms with Gasteiger partial charge in [0.25, 0.3) is 0 Å². The summed E-state index contributed by atoms with van der Waals surface area (Å²) in [6, 6.07) is 0. The summed E-state index contributed by atoms with van der Waals surface area (Å²) in [5, 5.41) is 6.50. The summed E-state index contributed by atoms with van der Waals surface area (Å²) in [5.74, 6) is 1.28. The average molecular weight is 240 g/mol. The highest BCUT2D eigenvalue weighted by molar-refractivity contribution is 5.83. The van der Waals surface area contributed by atoms with Gasteiger partial charge in [-0.2, -0.15) is 0 Å². The van der Waals surface area contributed by atoms with Gasteiger partial charge in [-0.15, -0.1) is 0 Å². The molecule has 17 heavy (non-hydrogen) atoms. The summed E-state index contributed by atoms with van der Waals surface area (Å²) >= 11 is 0. The summed E-state index contributed by atoms with van der Waals surface area (Å²) in [6.45, 7) is 11.3. The molecule has 3 heteroatoms. The van der Waals surface area contributed by atoms with Crippen molar-refractivity contribution in [2.75, 3.05) is 19.6 Å². The van der Waals surface area contributed by atoms with Crippen LogP contribution in [0.2, 0.25) is 0 Å². The fourth-order valence-electron chi connectivity index (χ4n) is 2.65. The molecule has 1 aliphatic rings. The van der Waals surface area contributed by atoms with Crippen LogP contribution in [0.3, 0.4) is 0 Å². The van der Waals surface area contributed by atoms with E-state index in [4.69, 9.17) is 0 Å². The van der Waals surface area contributed by atoms with Gasteiger partial charge in [0.05, 0.1) is 5.41 Å². The van der Waals surface area contributed by atoms with Gasteiger partial charge in [-0.25, -0.2) is 0 Å². The molecule has 0 bridgehead atoms. The Balaban J connectivity index is 2.55. The van der Waals surface area contributed by atoms with Crippen molar-refractivity contribution in [3.63, 3.8) is 0 Å². The van der Waals surface area contributed by atoms with Crippen molar-refractivity contribution in [2.24, 2.45) is 17.3 Å². The van der Waals surface area contributed by atoms with Gasteiger partial charge in [0.2, 0.25) is 5.91 Å². The number of hydrogen-bond donors (Lipinski definition) is 2. The molecule has 0 aliphatic carbocycles. The van der Waals surface area contributed by atoms with Crippen LogP contribution in [0.15, 0.2) is 0 Å². The van der Waals surface area contributed by atoms with E-state index in [0.717, 1.165) is 38.9 Å². The predicted molar refractivity (Wildman–Crippen MR) is 71.8 cm³/mol. The maximum Gasteiger partial charge on any atom is 0.227 e. The first-order valence-electron chi connectivity index (χ1n) is 7.05. The Hall–Kier alpha value is -0.570. The number of hydrogen-bond acceptors (Lipinski definition) is 2. The number of amides is 1. The van der Waals surface area contributed by atoms with Gasteiger partial charge in [-0.1, -0.05) is 40.5 Å². The largest absolute Gasteiger partial charge is 0.355 e. The van der Waals surface area contributed by atoms with Crippen LogP contribution in [-0.4, -0.2) is 25.5 Å². The van der Waals surface area contributed by atoms with E-state index in [1.807, 2.05) is 0 Å². The molecule has 0 saturated carbocycles. The topological polar surface area (TPSA) is 41.1 Å². The second-order valence-corrected chi connectivity index (χ2v) is 5.63. The van der Waals surface area contributed by atoms with Gasteiger partial charge in [-0.3, -0.25) is 4.79 Å². The summed E-state index contributed by atoms with van der Waals surface area (Å²) in [5.41, 5.74) is -0.175. The second-order valence-electron chi connectivity index (χ2n) is 5.63. The molecule has 0 spiro atoms. The quantitative estimate of drug-likeness (QED) is 0.747. The molecule has 0 aromatic rings. The second kappa shape index (κ2) is 6.39. The van der Waals surface area contributed by atoms with Gasteiger partial charge in [0.1, 0.15) is 0 Å². The minimum Gasteiger partial charge on any atom is -0.355 e. The van der Waals surface area contributed by atoms with Crippen LogP contribution in [0.25, 0.3) is 0 Å². The van der Waals surface area contributed by atoms with Gasteiger partial charge in [0, 0.05) is 13.1 Å². The first-order chi connectivity index (χ1) is 8.06. The van der Waals surface area contributed by atoms with Crippen molar-refractivity contribution < 1.29 is 4.79 Å². The summed E-state index contributed by atoms with van der Waals surface area (Å²) < 4.78 is 0. The van der Waals surface area contributed by atoms with Gasteiger partial charge in [0.15, 0.2) is 0 Å². The zero-order chi connectivity index (χ0) is 12.9. The van der Waals surface area contributed by atoms with Crippen LogP contribution >= 0.6 is 0 Å². The van der Waals surface area contributed by atoms with Crippen molar-refractivity contribution in [1.29, 1.82) is 0 Å². The standard InChI is InChI=1S/C14H28N2O/c1-5-12(6-2)9-16-13(17)14(11(3)4)7-8-15-10-14/h11-12,15H,5-10H2,1-4H3,(H,16,17). The molecule has 1 saturated heterocycles. The van der Waals surface area contributed by atoms with Gasteiger partial charge >= 0.3 is 0 Å². The molecule has 0 aromatic heterocycles. The number of nitrogens with one attached hydrogen (secondary N) is 2. The Kier molecular flexibility index (Phi) is 5.44. The first-order valence-corrected chi connectivity index (χ1v) is 7.05. The molecular formula is C14H28N2O. The molecule has 1 rings (SSSR count). The Morgan fingerprint density at radius 1 is 1.35 bits per heavy atom. The van der Waals surface area contributed by atoms with Crippen molar-refractivity contribution in [1.82, 2.24) is 10.6 Å². The zero-order valence-electron chi connectivity index (χ0n) is 11.8. The van der Waals surface area contributed by atoms with Crippen LogP contribution in [0.1, 0.15) is 47.0 Å². The molecule has 0 aromatic carbocycles. The summed E-state index contributed by atoms with van der Waals surface area (Å²) in [6.07, 6.45) is 3.26. The molecule has 1 unspecified atom stereocenters. The Morgan fingerprint density at radius 3 is 2.41 bits per heavy atom. The van der Waals surface area contributed by atoms with E-state index in [0.29, 0.717) is 11.8 Å². The third-order valence-electron chi connectivity index (χ3n) is 4.45. The zero-order valence-corrected chi connectivity index (χ0v) is 11.8. The Bertz CT molecular complexity index is 241. The Labute approximate surface area is 106 Å². The van der Waals surface area contributed by atoms with Gasteiger partial charge < -0.3 is 10.6 Å². The first kappa shape index (κ1) is 14.5. The van der Waals surface area contributed by atoms with Crippen molar-refractivity contribution in [3.05, 3.63) is 0 Å². The van der Waals surface area contributed by atoms with E-state index in [9.17, 15) is 4.79 Å². The monoisotopic (exact) mass is 240 g/mol. The van der Waals surface area contributed by atoms with E-state index in [1.54, 1.807) is 0 Å². The normalized spacial score (nSPS) is 24.6. The van der Waals surface area contributed by atoms with Crippen molar-refractivity contribution >= 4 is 5.91 Å². The maximum absolute atomic E-state index is 12.4. The highest BCUT2D eigenvalue weighted by Gasteiger charge is 2.43. The summed E-state index contributed by atoms with van der Waals surface area (Å²) in [4.78, 5) is 12.4. The molecule has 1 atom stereocenters. The smallest absolute Gasteiger partial charge is 0.227 e. The molecule has 1 fully saturated rings. The Morgan fingerprint density at radius 2 is 2.00 bits per heavy atom. The SMILES string of the molecule is CCC(CC)CNC(=O)C1(C(C)C)CCNC1. The van der Waals surface area contributed by atoms with E-state index in [1.165, 1.54) is 0 Å². The third kappa shape index (κ3) is 3.21. The molecule has 100 valence electrons. The molecule has 1 amide bonds. The highest BCUT2D eigenvalue weighted by Crippen LogP contribution is 2.34. The van der Waals surface area contributed by atoms with Gasteiger partial charge in [-0.05, 0) is 24.8 Å². The van der Waals surface area contributed by atoms with Crippen LogP contribution in [0.4, 0.5) is 0 Å². The van der Waals surface area contributed by atoms with Crippen molar-refractivity contribution in [2.45, 2.75) is 47.0 Å². The lowest BCUT2D eigenvalue weighted by molar-refractivity contribution is -0.132. The fraction of sp³-hybridized carbons (Fsp3) is 0.929. The molecule has 3 nitrogen and oxygen atoms in total. The summed E-state index contributed by atoms with van der Waals surface area (Å²) in [7, 11) is 0. The fourth-order valence-corrected chi connectivity index (χ4v) is 2.65. The highest BCUT2D eigenvalue weighted by atomic mass is 16.2. The number of carbonyl (C=O) groups excluding carboxylic acids is 1. The average Bonchev–Trinajstić information content (AvgIpc) is 2.80. The van der Waals surface area contributed by atoms with Crippen LogP contribution < -0.4 is 10.6 Å². The van der Waals surface area contributed by atoms with Crippen LogP contribution in [0, 0.1) is 17.3 Å². The lowest BCUT2D eigenvalue weighted by Gasteiger charge is -2.31. The van der Waals surface area contributed by atoms with Crippen molar-refractivity contribution in [3.8, 4) is 0 Å². The molecule has 1 aliphatic heterocycles. The molecule has 0 radical (unpaired) electrons. The lowest BCUT2D eigenvalue weighted by atomic mass is 9.75. The molecule has 1 heterocycles. The number of carbonyl (C=O) groups is 1. The molecule has 2 N–H and O–H groups in total. The van der Waals surface area contributed by atoms with E-state index in [-0.39, 0.29) is 11.3 Å². The van der Waals surface area contributed by atoms with Crippen LogP contribution in [-0.2, 0) is 4.79 Å². The number of rotatable bonds is 6. The van der Waals surface area contributed by atoms with E-state index >= 15 is 0 Å². The molecular weight excluding hydrogens is 212 g/mol. The predicted octanol–water partition coefficient (Wildman–Crippen LogP) is 2.17. The minimum atomic E-state index is -0.175.